The van der Waals surface area contributed by atoms with Gasteiger partial charge in [0.05, 0.1) is 49.4 Å². The fraction of sp³-hybridized carbons (Fsp3) is 0.522. The predicted molar refractivity (Wildman–Crippen MR) is 273 cm³/mol. The fourth-order valence-electron chi connectivity index (χ4n) is 9.14. The topological polar surface area (TPSA) is 305 Å². The van der Waals surface area contributed by atoms with Gasteiger partial charge in [0.25, 0.3) is 0 Å². The van der Waals surface area contributed by atoms with E-state index in [2.05, 4.69) is 62.1 Å². The molecule has 2 aliphatic heterocycles. The third-order valence-corrected chi connectivity index (χ3v) is 14.0. The van der Waals surface area contributed by atoms with Crippen molar-refractivity contribution in [3.8, 4) is 0 Å². The Balaban J connectivity index is 0.855. The number of nitrogens with one attached hydrogen (secondary N) is 4. The molecule has 0 bridgehead atoms. The summed E-state index contributed by atoms with van der Waals surface area (Å²) in [4.78, 5) is 67.2. The number of aryl methyl sites for hydroxylation is 4. The zero-order chi connectivity index (χ0) is 51.1. The van der Waals surface area contributed by atoms with Crippen LogP contribution in [0.25, 0.3) is 17.2 Å². The first-order valence-electron chi connectivity index (χ1n) is 24.9. The number of imidazole rings is 3. The molecular formula is C46H59N23O4S. The summed E-state index contributed by atoms with van der Waals surface area (Å²) in [5.41, 5.74) is 3.31. The van der Waals surface area contributed by atoms with Crippen molar-refractivity contribution >= 4 is 76.7 Å². The number of fused-ring (bicyclic) bond motifs is 1. The number of anilines is 4. The van der Waals surface area contributed by atoms with Gasteiger partial charge in [0.15, 0.2) is 22.8 Å². The number of ether oxygens (including phenoxy) is 2. The molecule has 3 fully saturated rings. The third kappa shape index (κ3) is 11.4. The molecule has 7 aromatic rings. The Morgan fingerprint density at radius 1 is 0.797 bits per heavy atom. The van der Waals surface area contributed by atoms with Gasteiger partial charge in [0.1, 0.15) is 36.1 Å². The molecule has 1 aliphatic carbocycles. The minimum absolute atomic E-state index is 0.0435. The Morgan fingerprint density at radius 2 is 1.46 bits per heavy atom. The van der Waals surface area contributed by atoms with E-state index < -0.39 is 17.1 Å². The summed E-state index contributed by atoms with van der Waals surface area (Å²) in [6.45, 7) is 8.41. The second kappa shape index (κ2) is 22.6. The summed E-state index contributed by atoms with van der Waals surface area (Å²) < 4.78 is 18.0. The van der Waals surface area contributed by atoms with Crippen LogP contribution in [-0.4, -0.2) is 144 Å². The lowest BCUT2D eigenvalue weighted by molar-refractivity contribution is -0.124. The first-order chi connectivity index (χ1) is 36.1. The maximum absolute atomic E-state index is 13.6. The summed E-state index contributed by atoms with van der Waals surface area (Å²) in [7, 11) is 3.89. The van der Waals surface area contributed by atoms with E-state index in [9.17, 15) is 9.59 Å². The molecule has 3 unspecified atom stereocenters. The maximum atomic E-state index is 13.6. The van der Waals surface area contributed by atoms with Crippen LogP contribution in [0.2, 0.25) is 0 Å². The number of hydrogen-bond donors (Lipinski definition) is 4. The highest BCUT2D eigenvalue weighted by Gasteiger charge is 2.42. The molecule has 1 saturated carbocycles. The number of hydrogen-bond acceptors (Lipinski definition) is 23. The molecule has 388 valence electrons. The van der Waals surface area contributed by atoms with Crippen molar-refractivity contribution in [1.82, 2.24) is 88.4 Å². The van der Waals surface area contributed by atoms with Crippen molar-refractivity contribution < 1.29 is 19.1 Å². The van der Waals surface area contributed by atoms with Gasteiger partial charge in [0, 0.05) is 94.7 Å². The Kier molecular flexibility index (Phi) is 15.2. The number of ketones is 1. The minimum Gasteiger partial charge on any atom is -0.473 e. The van der Waals surface area contributed by atoms with Gasteiger partial charge in [-0.3, -0.25) is 13.8 Å². The number of nitrogens with zero attached hydrogens (tertiary/aromatic N) is 19. The summed E-state index contributed by atoms with van der Waals surface area (Å²) in [5.74, 6) is 1.46. The van der Waals surface area contributed by atoms with Crippen LogP contribution in [0.1, 0.15) is 100 Å². The lowest BCUT2D eigenvalue weighted by atomic mass is 9.90. The highest BCUT2D eigenvalue weighted by Crippen LogP contribution is 2.41. The average molecular weight is 1030 g/mol. The Labute approximate surface area is 429 Å². The molecule has 0 aromatic carbocycles. The summed E-state index contributed by atoms with van der Waals surface area (Å²) in [6.07, 6.45) is 18.8. The van der Waals surface area contributed by atoms with E-state index in [1.807, 2.05) is 56.4 Å². The summed E-state index contributed by atoms with van der Waals surface area (Å²) in [6, 6.07) is 0.128. The zero-order valence-electron chi connectivity index (χ0n) is 41.8. The highest BCUT2D eigenvalue weighted by molar-refractivity contribution is 7.99. The average Bonchev–Trinajstić information content (AvgIpc) is 4.30. The summed E-state index contributed by atoms with van der Waals surface area (Å²) >= 11 is 1.06. The highest BCUT2D eigenvalue weighted by atomic mass is 32.2. The molecule has 0 radical (unpaired) electrons. The summed E-state index contributed by atoms with van der Waals surface area (Å²) in [5, 5.41) is 39.4. The number of carbonyl (C=O) groups excluding carboxylic acids is 2. The lowest BCUT2D eigenvalue weighted by Gasteiger charge is -2.31. The van der Waals surface area contributed by atoms with E-state index in [1.165, 1.54) is 10.9 Å². The Morgan fingerprint density at radius 3 is 2.07 bits per heavy atom. The quantitative estimate of drug-likeness (QED) is 0.0451. The number of rotatable bonds is 21. The van der Waals surface area contributed by atoms with Crippen molar-refractivity contribution in [2.24, 2.45) is 25.0 Å². The Hall–Kier alpha value is -7.75. The van der Waals surface area contributed by atoms with E-state index in [0.29, 0.717) is 105 Å². The van der Waals surface area contributed by atoms with Crippen molar-refractivity contribution in [3.63, 3.8) is 0 Å². The standard InChI is InChI=1S/C46H59N23O4S/c1-6-47-37-36(27-9-14-33(72-23-27)40-60-64-69(8-3)62-40)55-45(48-17-15-30-20-65(4)24-50-30)56-41(37)53-28-10-12-29(13-11-28)54-42-38-43(58-46(57-42)49-18-16-31-21-66(5)25-51-31)67(26-52-38)74-44-39(71)32(22-70)34(73-44)19-35-59-63-68(7-2)61-35/h6,19-22,24-29,32-33,44H,7-18,23H2,1-5H3,(H2,48,53,55,56)(H2,49,54,57,58)/b34-19-,47-6?/t27?,28?,29?,32?,33-,44?/m0/s1. The second-order valence-corrected chi connectivity index (χ2v) is 19.3. The largest absolute Gasteiger partial charge is 0.473 e. The third-order valence-electron chi connectivity index (χ3n) is 12.9. The van der Waals surface area contributed by atoms with Gasteiger partial charge in [-0.2, -0.15) is 24.5 Å². The lowest BCUT2D eigenvalue weighted by Crippen LogP contribution is -2.33. The number of aldehydes is 1. The first kappa shape index (κ1) is 49.8. The molecule has 27 nitrogen and oxygen atoms in total. The molecule has 28 heteroatoms. The van der Waals surface area contributed by atoms with Gasteiger partial charge in [0.2, 0.25) is 34.8 Å². The molecule has 7 aromatic heterocycles. The van der Waals surface area contributed by atoms with E-state index in [4.69, 9.17) is 39.4 Å². The molecule has 10 rings (SSSR count). The SMILES string of the molecule is CC=Nc1c(NC2CCC(Nc3nc(NCCc4cn(C)cn4)nc4c3ncn4SC3O/C(=C\c4nnn(CC)n4)C(C=O)C3=O)CC2)nc(NCCc2cn(C)cn2)nc1C1CC[C@@H](c2nnn(CC)n2)OC1. The maximum Gasteiger partial charge on any atom is 0.226 e. The van der Waals surface area contributed by atoms with Crippen LogP contribution in [0.4, 0.5) is 29.2 Å². The fourth-order valence-corrected chi connectivity index (χ4v) is 10.1. The Bertz CT molecular complexity index is 3120. The van der Waals surface area contributed by atoms with Crippen molar-refractivity contribution in [1.29, 1.82) is 0 Å². The predicted octanol–water partition coefficient (Wildman–Crippen LogP) is 3.88. The van der Waals surface area contributed by atoms with Crippen molar-refractivity contribution in [2.45, 2.75) is 115 Å². The monoisotopic (exact) mass is 1030 g/mol. The number of tetrazole rings is 2. The van der Waals surface area contributed by atoms with Crippen LogP contribution in [0.5, 0.6) is 0 Å². The minimum atomic E-state index is -1.13. The zero-order valence-corrected chi connectivity index (χ0v) is 42.6. The number of Topliss-reactive ketones (excluding diaryl/α,β-unsaturated/α-hetero) is 1. The van der Waals surface area contributed by atoms with Crippen LogP contribution in [0.3, 0.4) is 0 Å². The number of aliphatic imine (C=N–C) groups is 1. The molecular weight excluding hydrogens is 971 g/mol. The van der Waals surface area contributed by atoms with Crippen LogP contribution in [0.15, 0.2) is 42.1 Å². The van der Waals surface area contributed by atoms with Crippen molar-refractivity contribution in [2.75, 3.05) is 41.0 Å². The molecule has 2 saturated heterocycles. The molecule has 74 heavy (non-hydrogen) atoms. The van der Waals surface area contributed by atoms with Gasteiger partial charge < -0.3 is 44.7 Å². The number of allylic oxidation sites excluding steroid dienone is 1. The van der Waals surface area contributed by atoms with Gasteiger partial charge >= 0.3 is 0 Å². The van der Waals surface area contributed by atoms with Crippen LogP contribution >= 0.6 is 11.9 Å². The molecule has 4 N–H and O–H groups in total. The second-order valence-electron chi connectivity index (χ2n) is 18.3. The molecule has 9 heterocycles. The van der Waals surface area contributed by atoms with Crippen LogP contribution in [-0.2, 0) is 59.1 Å². The number of carbonyl (C=O) groups is 2. The smallest absolute Gasteiger partial charge is 0.226 e. The normalized spacial score (nSPS) is 21.7. The molecule has 3 aliphatic rings. The molecule has 4 atom stereocenters. The van der Waals surface area contributed by atoms with E-state index in [1.54, 1.807) is 34.0 Å². The van der Waals surface area contributed by atoms with Gasteiger partial charge in [-0.1, -0.05) is 0 Å². The van der Waals surface area contributed by atoms with Gasteiger partial charge in [-0.15, -0.1) is 20.4 Å². The molecule has 0 amide bonds. The first-order valence-corrected chi connectivity index (χ1v) is 25.8. The van der Waals surface area contributed by atoms with Gasteiger partial charge in [-0.25, -0.2) is 19.9 Å². The van der Waals surface area contributed by atoms with E-state index in [0.717, 1.165) is 61.1 Å². The molecule has 0 spiro atoms. The van der Waals surface area contributed by atoms with E-state index in [-0.39, 0.29) is 35.7 Å². The van der Waals surface area contributed by atoms with E-state index >= 15 is 0 Å². The van der Waals surface area contributed by atoms with Crippen LogP contribution in [0, 0.1) is 5.92 Å². The van der Waals surface area contributed by atoms with Crippen molar-refractivity contribution in [3.05, 3.63) is 65.9 Å². The van der Waals surface area contributed by atoms with Crippen LogP contribution < -0.4 is 21.3 Å². The number of aromatic nitrogens is 18. The van der Waals surface area contributed by atoms with Gasteiger partial charge in [-0.05, 0) is 69.7 Å².